The first-order valence-corrected chi connectivity index (χ1v) is 39.3. The summed E-state index contributed by atoms with van der Waals surface area (Å²) in [5, 5.41) is 0. The van der Waals surface area contributed by atoms with Gasteiger partial charge >= 0.3 is 322 Å². The fourth-order valence-electron chi connectivity index (χ4n) is 9.27. The summed E-state index contributed by atoms with van der Waals surface area (Å²) >= 11 is 35.4. The number of fused-ring (bicyclic) bond motifs is 2. The molecule has 0 aromatic heterocycles. The molecule has 0 N–H and O–H groups in total. The number of hydrogen-bond donors (Lipinski definition) is 0. The van der Waals surface area contributed by atoms with Crippen LogP contribution in [0, 0.1) is 0 Å². The van der Waals surface area contributed by atoms with Crippen molar-refractivity contribution in [2.24, 2.45) is 0 Å². The minimum atomic E-state index is -4.30. The van der Waals surface area contributed by atoms with Crippen molar-refractivity contribution >= 4 is 122 Å². The van der Waals surface area contributed by atoms with Gasteiger partial charge in [-0.15, -0.1) is 24.8 Å². The van der Waals surface area contributed by atoms with Crippen molar-refractivity contribution in [2.45, 2.75) is 54.3 Å². The molecule has 0 radical (unpaired) electrons. The van der Waals surface area contributed by atoms with Crippen LogP contribution < -0.4 is 0 Å². The van der Waals surface area contributed by atoms with E-state index in [1.54, 1.807) is 0 Å². The average Bonchev–Trinajstić information content (AvgIpc) is 3.57. The van der Waals surface area contributed by atoms with Gasteiger partial charge in [-0.3, -0.25) is 0 Å². The van der Waals surface area contributed by atoms with Crippen LogP contribution in [0.4, 0.5) is 0 Å². The van der Waals surface area contributed by atoms with Crippen LogP contribution in [0.5, 0.6) is 0 Å². The zero-order valence-corrected chi connectivity index (χ0v) is 40.1. The van der Waals surface area contributed by atoms with E-state index in [-0.39, 0.29) is 24.8 Å². The van der Waals surface area contributed by atoms with E-state index in [9.17, 15) is 0 Å². The summed E-state index contributed by atoms with van der Waals surface area (Å²) in [5.74, 6) is 0. The minimum absolute atomic E-state index is 0. The van der Waals surface area contributed by atoms with E-state index < -0.39 is 29.4 Å². The molecule has 0 nitrogen and oxygen atoms in total. The second-order valence-corrected chi connectivity index (χ2v) is 59.2. The number of rotatable bonds is 12. The number of hydrogen-bond acceptors (Lipinski definition) is 0. The van der Waals surface area contributed by atoms with E-state index in [0.29, 0.717) is 19.3 Å². The second-order valence-electron chi connectivity index (χ2n) is 14.1. The fraction of sp³-hybridized carbons (Fsp3) is 0.263. The van der Waals surface area contributed by atoms with E-state index in [1.807, 2.05) is 0 Å². The number of benzene rings is 4. The van der Waals surface area contributed by atoms with Crippen LogP contribution in [0.2, 0.25) is 20.3 Å². The Hall–Kier alpha value is 0.214. The molecule has 266 valence electrons. The zero-order chi connectivity index (χ0) is 34.3. The molecule has 2 atom stereocenters. The number of allylic oxidation sites excluding steroid dienone is 2. The third-order valence-electron chi connectivity index (χ3n) is 10.8. The van der Waals surface area contributed by atoms with Crippen LogP contribution in [-0.2, 0) is 17.4 Å². The van der Waals surface area contributed by atoms with Gasteiger partial charge in [0.25, 0.3) is 0 Å². The molecule has 12 heteroatoms. The largest absolute Gasteiger partial charge is 0.147 e. The topological polar surface area (TPSA) is 0 Å². The molecule has 2 unspecified atom stereocenters. The SMILES string of the molecule is CC1=Cc2c(-c3ccccc3)cccc2[CH]1[Zr](=[SiH2])([CH2]CC[Si](Cl)(Cl)Cl)([CH2]CC[Si](Cl)(Cl)Cl)[CH]1C(C)=Cc2c(-c3ccccc3)cccc21.Cl.Cl. The molecule has 4 aromatic carbocycles. The summed E-state index contributed by atoms with van der Waals surface area (Å²) in [4.78, 5) is 0. The maximum absolute atomic E-state index is 6.61. The molecule has 0 amide bonds. The van der Waals surface area contributed by atoms with E-state index in [2.05, 4.69) is 130 Å². The third-order valence-corrected chi connectivity index (χ3v) is 44.6. The molecule has 2 aliphatic carbocycles. The zero-order valence-electron chi connectivity index (χ0n) is 28.1. The van der Waals surface area contributed by atoms with Crippen molar-refractivity contribution in [2.75, 3.05) is 0 Å². The fourth-order valence-corrected chi connectivity index (χ4v) is 45.4. The van der Waals surface area contributed by atoms with E-state index in [0.717, 1.165) is 21.1 Å². The van der Waals surface area contributed by atoms with Gasteiger partial charge in [0, 0.05) is 0 Å². The average molecular weight is 958 g/mol. The van der Waals surface area contributed by atoms with E-state index in [4.69, 9.17) is 66.5 Å². The van der Waals surface area contributed by atoms with Gasteiger partial charge in [0.15, 0.2) is 0 Å². The van der Waals surface area contributed by atoms with Crippen LogP contribution in [0.25, 0.3) is 34.4 Å². The van der Waals surface area contributed by atoms with Gasteiger partial charge < -0.3 is 0 Å². The van der Waals surface area contributed by atoms with Crippen molar-refractivity contribution in [1.29, 1.82) is 0 Å². The van der Waals surface area contributed by atoms with Crippen molar-refractivity contribution < 1.29 is 17.4 Å². The Morgan fingerprint density at radius 3 is 1.24 bits per heavy atom. The summed E-state index contributed by atoms with van der Waals surface area (Å²) < 4.78 is 2.80. The quantitative estimate of drug-likeness (QED) is 0.0980. The van der Waals surface area contributed by atoms with Crippen LogP contribution in [0.3, 0.4) is 0 Å². The van der Waals surface area contributed by atoms with Crippen LogP contribution in [0.15, 0.2) is 108 Å². The van der Waals surface area contributed by atoms with Crippen LogP contribution in [0.1, 0.15) is 56.2 Å². The Balaban J connectivity index is 0.00000281. The summed E-state index contributed by atoms with van der Waals surface area (Å²) in [5.41, 5.74) is 13.6. The van der Waals surface area contributed by atoms with Crippen molar-refractivity contribution in [3.8, 4) is 22.3 Å². The first kappa shape index (κ1) is 42.9. The van der Waals surface area contributed by atoms with Gasteiger partial charge in [-0.25, -0.2) is 0 Å². The minimum Gasteiger partial charge on any atom is -0.147 e. The summed E-state index contributed by atoms with van der Waals surface area (Å²) in [6, 6.07) is 31.0. The molecule has 0 aliphatic heterocycles. The molecular formula is C38H42Cl8Si3Zr. The van der Waals surface area contributed by atoms with Gasteiger partial charge in [0.05, 0.1) is 0 Å². The normalized spacial score (nSPS) is 17.2. The summed E-state index contributed by atoms with van der Waals surface area (Å²) in [6.45, 7) is 7.13. The number of halogens is 8. The van der Waals surface area contributed by atoms with Crippen LogP contribution in [-0.4, -0.2) is 18.9 Å². The third kappa shape index (κ3) is 8.85. The smallest absolute Gasteiger partial charge is 0.147 e. The van der Waals surface area contributed by atoms with Gasteiger partial charge in [-0.2, -0.15) is 0 Å². The van der Waals surface area contributed by atoms with Gasteiger partial charge in [0.1, 0.15) is 0 Å². The standard InChI is InChI=1S/2C16H13.2C3H6Cl3Si.2ClH.H2Si.Zr/c2*1-12-10-14-8-5-9-15(16(14)11-12)13-6-3-2-4-7-13;2*1-2-3-7(4,5)6;;;;/h2*2-11H,1H3;2*1-3H2;2*1H;1H2;. The Morgan fingerprint density at radius 2 is 0.900 bits per heavy atom. The molecule has 0 bridgehead atoms. The Morgan fingerprint density at radius 1 is 0.540 bits per heavy atom. The Labute approximate surface area is 342 Å². The maximum Gasteiger partial charge on any atom is -0.147 e. The van der Waals surface area contributed by atoms with Crippen molar-refractivity contribution in [1.82, 2.24) is 0 Å². The molecule has 0 fully saturated rings. The maximum atomic E-state index is 6.61. The first-order chi connectivity index (χ1) is 22.7. The van der Waals surface area contributed by atoms with E-state index in [1.165, 1.54) is 55.7 Å². The molecule has 0 spiro atoms. The molecule has 0 saturated heterocycles. The predicted molar refractivity (Wildman–Crippen MR) is 235 cm³/mol. The molecule has 6 rings (SSSR count). The van der Waals surface area contributed by atoms with Crippen molar-refractivity contribution in [3.05, 3.63) is 130 Å². The Kier molecular flexibility index (Phi) is 14.5. The van der Waals surface area contributed by atoms with Gasteiger partial charge in [-0.05, 0) is 0 Å². The Bertz CT molecular complexity index is 1810. The summed E-state index contributed by atoms with van der Waals surface area (Å²) in [6.07, 6.45) is 6.76. The molecule has 0 heterocycles. The van der Waals surface area contributed by atoms with E-state index >= 15 is 0 Å². The first-order valence-electron chi connectivity index (χ1n) is 16.6. The molecule has 2 aliphatic rings. The van der Waals surface area contributed by atoms with Crippen LogP contribution >= 0.6 is 91.3 Å². The second kappa shape index (κ2) is 16.9. The monoisotopic (exact) mass is 952 g/mol. The predicted octanol–water partition coefficient (Wildman–Crippen LogP) is 14.6. The van der Waals surface area contributed by atoms with Gasteiger partial charge in [-0.1, -0.05) is 0 Å². The molecule has 0 saturated carbocycles. The molecule has 4 aromatic rings. The molecular weight excluding hydrogens is 916 g/mol. The van der Waals surface area contributed by atoms with Gasteiger partial charge in [0.2, 0.25) is 0 Å². The van der Waals surface area contributed by atoms with Crippen molar-refractivity contribution in [3.63, 3.8) is 0 Å². The molecule has 50 heavy (non-hydrogen) atoms. The summed E-state index contributed by atoms with van der Waals surface area (Å²) in [7, 11) is 0.